The summed E-state index contributed by atoms with van der Waals surface area (Å²) in [4.78, 5) is 27.7. The van der Waals surface area contributed by atoms with Crippen molar-refractivity contribution in [2.75, 3.05) is 51.6 Å². The first-order chi connectivity index (χ1) is 11.0. The maximum atomic E-state index is 12.1. The number of piperazine rings is 1. The van der Waals surface area contributed by atoms with Crippen LogP contribution in [-0.4, -0.2) is 67.9 Å². The SMILES string of the molecule is CN(CC(=O)Nc1c(Cl)cccc1Cl)CC(=O)N1CCNCC1. The molecule has 2 N–H and O–H groups in total. The maximum absolute atomic E-state index is 12.1. The number of nitrogens with one attached hydrogen (secondary N) is 2. The molecule has 126 valence electrons. The van der Waals surface area contributed by atoms with Gasteiger partial charge < -0.3 is 15.5 Å². The van der Waals surface area contributed by atoms with Gasteiger partial charge >= 0.3 is 0 Å². The van der Waals surface area contributed by atoms with Crippen molar-refractivity contribution in [1.82, 2.24) is 15.1 Å². The van der Waals surface area contributed by atoms with E-state index >= 15 is 0 Å². The molecular formula is C15H20Cl2N4O2. The number of hydrogen-bond donors (Lipinski definition) is 2. The summed E-state index contributed by atoms with van der Waals surface area (Å²) in [6.45, 7) is 3.30. The predicted octanol–water partition coefficient (Wildman–Crippen LogP) is 1.30. The molecule has 0 atom stereocenters. The van der Waals surface area contributed by atoms with Crippen LogP contribution in [0.4, 0.5) is 5.69 Å². The summed E-state index contributed by atoms with van der Waals surface area (Å²) in [6.07, 6.45) is 0. The second-order valence-corrected chi connectivity index (χ2v) is 6.26. The molecule has 1 aliphatic rings. The van der Waals surface area contributed by atoms with E-state index in [2.05, 4.69) is 10.6 Å². The van der Waals surface area contributed by atoms with Gasteiger partial charge in [0.1, 0.15) is 0 Å². The maximum Gasteiger partial charge on any atom is 0.238 e. The van der Waals surface area contributed by atoms with Gasteiger partial charge in [-0.3, -0.25) is 14.5 Å². The Balaban J connectivity index is 1.83. The van der Waals surface area contributed by atoms with Gasteiger partial charge in [-0.2, -0.15) is 0 Å². The van der Waals surface area contributed by atoms with Crippen molar-refractivity contribution >= 4 is 40.7 Å². The number of halogens is 2. The largest absolute Gasteiger partial charge is 0.339 e. The van der Waals surface area contributed by atoms with Crippen LogP contribution < -0.4 is 10.6 Å². The minimum atomic E-state index is -0.268. The number of benzene rings is 1. The van der Waals surface area contributed by atoms with Crippen LogP contribution >= 0.6 is 23.2 Å². The number of para-hydroxylation sites is 1. The molecule has 0 radical (unpaired) electrons. The third kappa shape index (κ3) is 5.35. The summed E-state index contributed by atoms with van der Waals surface area (Å²) >= 11 is 12.0. The lowest BCUT2D eigenvalue weighted by atomic mass is 10.3. The number of carbonyl (C=O) groups excluding carboxylic acids is 2. The van der Waals surface area contributed by atoms with E-state index in [4.69, 9.17) is 23.2 Å². The number of anilines is 1. The highest BCUT2D eigenvalue weighted by atomic mass is 35.5. The van der Waals surface area contributed by atoms with Gasteiger partial charge in [0, 0.05) is 26.2 Å². The fourth-order valence-electron chi connectivity index (χ4n) is 2.34. The van der Waals surface area contributed by atoms with Crippen molar-refractivity contribution in [1.29, 1.82) is 0 Å². The Bertz CT molecular complexity index is 556. The van der Waals surface area contributed by atoms with Gasteiger partial charge in [-0.15, -0.1) is 0 Å². The van der Waals surface area contributed by atoms with E-state index < -0.39 is 0 Å². The number of nitrogens with zero attached hydrogens (tertiary/aromatic N) is 2. The fourth-order valence-corrected chi connectivity index (χ4v) is 2.83. The van der Waals surface area contributed by atoms with Crippen molar-refractivity contribution in [3.63, 3.8) is 0 Å². The smallest absolute Gasteiger partial charge is 0.238 e. The highest BCUT2D eigenvalue weighted by molar-refractivity contribution is 6.39. The number of carbonyl (C=O) groups is 2. The molecule has 1 aromatic carbocycles. The Morgan fingerprint density at radius 3 is 2.43 bits per heavy atom. The monoisotopic (exact) mass is 358 g/mol. The summed E-state index contributed by atoms with van der Waals surface area (Å²) in [6, 6.07) is 5.01. The molecule has 0 unspecified atom stereocenters. The normalized spacial score (nSPS) is 14.9. The zero-order chi connectivity index (χ0) is 16.8. The second kappa shape index (κ2) is 8.49. The first kappa shape index (κ1) is 18.0. The lowest BCUT2D eigenvalue weighted by Crippen LogP contribution is -2.49. The average molecular weight is 359 g/mol. The van der Waals surface area contributed by atoms with Gasteiger partial charge in [0.25, 0.3) is 0 Å². The van der Waals surface area contributed by atoms with E-state index in [1.54, 1.807) is 35.0 Å². The summed E-state index contributed by atoms with van der Waals surface area (Å²) < 4.78 is 0. The Morgan fingerprint density at radius 1 is 1.22 bits per heavy atom. The molecule has 1 heterocycles. The number of amides is 2. The van der Waals surface area contributed by atoms with E-state index in [0.717, 1.165) is 13.1 Å². The molecule has 8 heteroatoms. The number of hydrogen-bond acceptors (Lipinski definition) is 4. The third-order valence-corrected chi connectivity index (χ3v) is 4.15. The number of rotatable bonds is 5. The topological polar surface area (TPSA) is 64.7 Å². The Morgan fingerprint density at radius 2 is 1.83 bits per heavy atom. The standard InChI is InChI=1S/C15H20Cl2N4O2/c1-20(10-14(23)21-7-5-18-6-8-21)9-13(22)19-15-11(16)3-2-4-12(15)17/h2-4,18H,5-10H2,1H3,(H,19,22). The highest BCUT2D eigenvalue weighted by Gasteiger charge is 2.19. The van der Waals surface area contributed by atoms with Gasteiger partial charge in [-0.1, -0.05) is 29.3 Å². The molecule has 0 bridgehead atoms. The molecular weight excluding hydrogens is 339 g/mol. The van der Waals surface area contributed by atoms with Gasteiger partial charge in [-0.05, 0) is 19.2 Å². The molecule has 1 aromatic rings. The van der Waals surface area contributed by atoms with E-state index in [9.17, 15) is 9.59 Å². The molecule has 1 aliphatic heterocycles. The highest BCUT2D eigenvalue weighted by Crippen LogP contribution is 2.29. The second-order valence-electron chi connectivity index (χ2n) is 5.45. The molecule has 2 amide bonds. The van der Waals surface area contributed by atoms with Crippen molar-refractivity contribution in [3.8, 4) is 0 Å². The van der Waals surface area contributed by atoms with E-state index in [-0.39, 0.29) is 24.9 Å². The minimum Gasteiger partial charge on any atom is -0.339 e. The third-order valence-electron chi connectivity index (χ3n) is 3.52. The van der Waals surface area contributed by atoms with Gasteiger partial charge in [0.15, 0.2) is 0 Å². The average Bonchev–Trinajstić information content (AvgIpc) is 2.51. The summed E-state index contributed by atoms with van der Waals surface area (Å²) in [5.41, 5.74) is 0.391. The molecule has 2 rings (SSSR count). The Labute approximate surface area is 145 Å². The lowest BCUT2D eigenvalue weighted by molar-refractivity contribution is -0.133. The molecule has 0 aliphatic carbocycles. The fraction of sp³-hybridized carbons (Fsp3) is 0.467. The van der Waals surface area contributed by atoms with Crippen LogP contribution in [0.25, 0.3) is 0 Å². The van der Waals surface area contributed by atoms with E-state index in [0.29, 0.717) is 28.8 Å². The molecule has 0 saturated carbocycles. The van der Waals surface area contributed by atoms with Crippen LogP contribution in [0.3, 0.4) is 0 Å². The summed E-state index contributed by atoms with van der Waals surface area (Å²) in [5.74, 6) is -0.242. The van der Waals surface area contributed by atoms with Crippen molar-refractivity contribution in [2.45, 2.75) is 0 Å². The molecule has 0 aromatic heterocycles. The van der Waals surface area contributed by atoms with Crippen LogP contribution in [0.1, 0.15) is 0 Å². The predicted molar refractivity (Wildman–Crippen MR) is 92.0 cm³/mol. The zero-order valence-electron chi connectivity index (χ0n) is 12.9. The van der Waals surface area contributed by atoms with Gasteiger partial charge in [-0.25, -0.2) is 0 Å². The van der Waals surface area contributed by atoms with Crippen LogP contribution in [0.2, 0.25) is 10.0 Å². The zero-order valence-corrected chi connectivity index (χ0v) is 14.5. The lowest BCUT2D eigenvalue weighted by Gasteiger charge is -2.29. The molecule has 1 fully saturated rings. The van der Waals surface area contributed by atoms with Crippen molar-refractivity contribution < 1.29 is 9.59 Å². The molecule has 23 heavy (non-hydrogen) atoms. The molecule has 6 nitrogen and oxygen atoms in total. The Kier molecular flexibility index (Phi) is 6.65. The summed E-state index contributed by atoms with van der Waals surface area (Å²) in [5, 5.41) is 6.64. The van der Waals surface area contributed by atoms with Crippen LogP contribution in [0, 0.1) is 0 Å². The van der Waals surface area contributed by atoms with Crippen LogP contribution in [-0.2, 0) is 9.59 Å². The van der Waals surface area contributed by atoms with Crippen LogP contribution in [0.5, 0.6) is 0 Å². The molecule has 1 saturated heterocycles. The van der Waals surface area contributed by atoms with Gasteiger partial charge in [0.05, 0.1) is 28.8 Å². The minimum absolute atomic E-state index is 0.0255. The summed E-state index contributed by atoms with van der Waals surface area (Å²) in [7, 11) is 1.73. The van der Waals surface area contributed by atoms with Crippen molar-refractivity contribution in [3.05, 3.63) is 28.2 Å². The van der Waals surface area contributed by atoms with Crippen molar-refractivity contribution in [2.24, 2.45) is 0 Å². The van der Waals surface area contributed by atoms with Crippen LogP contribution in [0.15, 0.2) is 18.2 Å². The van der Waals surface area contributed by atoms with E-state index in [1.165, 1.54) is 0 Å². The molecule has 0 spiro atoms. The first-order valence-corrected chi connectivity index (χ1v) is 8.14. The Hall–Kier alpha value is -1.34. The van der Waals surface area contributed by atoms with E-state index in [1.807, 2.05) is 0 Å². The first-order valence-electron chi connectivity index (χ1n) is 7.38. The van der Waals surface area contributed by atoms with Gasteiger partial charge in [0.2, 0.25) is 11.8 Å². The number of likely N-dealkylation sites (N-methyl/N-ethyl adjacent to an activating group) is 1. The quantitative estimate of drug-likeness (QED) is 0.832.